The van der Waals surface area contributed by atoms with Gasteiger partial charge in [-0.15, -0.1) is 5.10 Å². The first-order valence-corrected chi connectivity index (χ1v) is 7.71. The van der Waals surface area contributed by atoms with Gasteiger partial charge in [-0.3, -0.25) is 4.79 Å². The third kappa shape index (κ3) is 3.34. The highest BCUT2D eigenvalue weighted by atomic mass is 16.4. The van der Waals surface area contributed by atoms with Crippen LogP contribution in [0.15, 0.2) is 28.8 Å². The van der Waals surface area contributed by atoms with E-state index < -0.39 is 0 Å². The first kappa shape index (κ1) is 15.5. The summed E-state index contributed by atoms with van der Waals surface area (Å²) in [5.41, 5.74) is 0.758. The van der Waals surface area contributed by atoms with Crippen LogP contribution in [0.2, 0.25) is 0 Å². The molecule has 1 saturated heterocycles. The van der Waals surface area contributed by atoms with E-state index in [-0.39, 0.29) is 12.5 Å². The van der Waals surface area contributed by atoms with Crippen molar-refractivity contribution < 1.29 is 14.3 Å². The number of furan rings is 1. The van der Waals surface area contributed by atoms with Crippen LogP contribution < -0.4 is 4.90 Å². The number of carbonyl (C=O) groups is 1. The molecular formula is C16H20N4O3. The van der Waals surface area contributed by atoms with Crippen molar-refractivity contribution in [2.45, 2.75) is 20.0 Å². The fourth-order valence-electron chi connectivity index (χ4n) is 2.79. The van der Waals surface area contributed by atoms with Gasteiger partial charge in [-0.2, -0.15) is 5.10 Å². The number of aryl methyl sites for hydroxylation is 1. The Hall–Kier alpha value is -2.41. The van der Waals surface area contributed by atoms with Gasteiger partial charge in [-0.25, -0.2) is 0 Å². The predicted octanol–water partition coefficient (Wildman–Crippen LogP) is 1.22. The molecule has 2 aromatic heterocycles. The molecule has 7 nitrogen and oxygen atoms in total. The summed E-state index contributed by atoms with van der Waals surface area (Å²) >= 11 is 0. The first-order valence-electron chi connectivity index (χ1n) is 7.71. The molecule has 1 aliphatic rings. The molecule has 0 unspecified atom stereocenters. The van der Waals surface area contributed by atoms with E-state index in [1.165, 1.54) is 0 Å². The lowest BCUT2D eigenvalue weighted by molar-refractivity contribution is 0.0729. The monoisotopic (exact) mass is 316 g/mol. The van der Waals surface area contributed by atoms with Crippen LogP contribution in [-0.2, 0) is 6.61 Å². The number of aromatic nitrogens is 2. The Bertz CT molecular complexity index is 671. The number of nitrogens with zero attached hydrogens (tertiary/aromatic N) is 4. The zero-order valence-corrected chi connectivity index (χ0v) is 13.1. The number of hydrogen-bond donors (Lipinski definition) is 1. The van der Waals surface area contributed by atoms with Crippen molar-refractivity contribution >= 4 is 11.7 Å². The van der Waals surface area contributed by atoms with Crippen molar-refractivity contribution in [3.05, 3.63) is 41.5 Å². The average Bonchev–Trinajstić information content (AvgIpc) is 2.81. The van der Waals surface area contributed by atoms with E-state index in [1.807, 2.05) is 19.1 Å². The normalized spacial score (nSPS) is 15.6. The lowest BCUT2D eigenvalue weighted by atomic mass is 10.2. The maximum atomic E-state index is 12.6. The van der Waals surface area contributed by atoms with E-state index in [4.69, 9.17) is 9.52 Å². The maximum absolute atomic E-state index is 12.6. The Morgan fingerprint density at radius 1 is 1.35 bits per heavy atom. The fourth-order valence-corrected chi connectivity index (χ4v) is 2.79. The quantitative estimate of drug-likeness (QED) is 0.917. The van der Waals surface area contributed by atoms with Crippen LogP contribution in [-0.4, -0.2) is 52.3 Å². The highest BCUT2D eigenvalue weighted by Gasteiger charge is 2.25. The molecule has 0 saturated carbocycles. The van der Waals surface area contributed by atoms with Gasteiger partial charge in [0.1, 0.15) is 12.4 Å². The number of carbonyl (C=O) groups excluding carboxylic acids is 1. The molecule has 0 bridgehead atoms. The number of aliphatic hydroxyl groups excluding tert-OH is 1. The second kappa shape index (κ2) is 6.78. The molecule has 7 heteroatoms. The van der Waals surface area contributed by atoms with Crippen LogP contribution in [0, 0.1) is 6.92 Å². The largest absolute Gasteiger partial charge is 0.453 e. The van der Waals surface area contributed by atoms with Crippen molar-refractivity contribution in [1.82, 2.24) is 15.1 Å². The maximum Gasteiger partial charge on any atom is 0.289 e. The van der Waals surface area contributed by atoms with Crippen molar-refractivity contribution in [3.8, 4) is 0 Å². The van der Waals surface area contributed by atoms with E-state index >= 15 is 0 Å². The number of hydrogen-bond acceptors (Lipinski definition) is 6. The molecule has 3 heterocycles. The molecule has 0 atom stereocenters. The lowest BCUT2D eigenvalue weighted by Gasteiger charge is -2.22. The number of anilines is 1. The predicted molar refractivity (Wildman–Crippen MR) is 84.1 cm³/mol. The molecule has 3 rings (SSSR count). The van der Waals surface area contributed by atoms with Crippen LogP contribution in [0.25, 0.3) is 0 Å². The van der Waals surface area contributed by atoms with Crippen LogP contribution in [0.4, 0.5) is 5.82 Å². The highest BCUT2D eigenvalue weighted by molar-refractivity contribution is 5.93. The summed E-state index contributed by atoms with van der Waals surface area (Å²) in [4.78, 5) is 16.6. The molecule has 23 heavy (non-hydrogen) atoms. The molecule has 0 spiro atoms. The van der Waals surface area contributed by atoms with Crippen LogP contribution in [0.3, 0.4) is 0 Å². The zero-order valence-electron chi connectivity index (χ0n) is 13.1. The van der Waals surface area contributed by atoms with Gasteiger partial charge in [0, 0.05) is 37.9 Å². The van der Waals surface area contributed by atoms with Gasteiger partial charge in [-0.1, -0.05) is 0 Å². The van der Waals surface area contributed by atoms with Gasteiger partial charge in [0.05, 0.1) is 0 Å². The molecule has 0 radical (unpaired) electrons. The second-order valence-corrected chi connectivity index (χ2v) is 5.60. The van der Waals surface area contributed by atoms with Crippen molar-refractivity contribution in [1.29, 1.82) is 0 Å². The Labute approximate surface area is 134 Å². The molecule has 2 aromatic rings. The summed E-state index contributed by atoms with van der Waals surface area (Å²) in [6.45, 7) is 4.43. The van der Waals surface area contributed by atoms with Crippen molar-refractivity contribution in [3.63, 3.8) is 0 Å². The Balaban J connectivity index is 1.70. The van der Waals surface area contributed by atoms with E-state index in [1.54, 1.807) is 17.2 Å². The molecule has 1 fully saturated rings. The Morgan fingerprint density at radius 3 is 2.91 bits per heavy atom. The second-order valence-electron chi connectivity index (χ2n) is 5.60. The summed E-state index contributed by atoms with van der Waals surface area (Å²) < 4.78 is 5.45. The molecule has 0 aliphatic carbocycles. The number of amides is 1. The minimum atomic E-state index is -0.200. The molecule has 122 valence electrons. The third-order valence-corrected chi connectivity index (χ3v) is 3.98. The van der Waals surface area contributed by atoms with Crippen LogP contribution in [0.5, 0.6) is 0 Å². The van der Waals surface area contributed by atoms with Crippen LogP contribution in [0.1, 0.15) is 28.3 Å². The SMILES string of the molecule is Cc1cc(CO)oc1C(=O)N1CCCN(c2cccnn2)CC1. The highest BCUT2D eigenvalue weighted by Crippen LogP contribution is 2.19. The van der Waals surface area contributed by atoms with Crippen molar-refractivity contribution in [2.75, 3.05) is 31.1 Å². The van der Waals surface area contributed by atoms with Gasteiger partial charge in [0.2, 0.25) is 0 Å². The zero-order chi connectivity index (χ0) is 16.2. The minimum absolute atomic E-state index is 0.122. The smallest absolute Gasteiger partial charge is 0.289 e. The standard InChI is InChI=1S/C16H20N4O3/c1-12-10-13(11-21)23-15(12)16(22)20-7-3-6-19(8-9-20)14-4-2-5-17-18-14/h2,4-5,10,21H,3,6-9,11H2,1H3. The van der Waals surface area contributed by atoms with Gasteiger partial charge in [0.25, 0.3) is 5.91 Å². The molecule has 1 amide bonds. The summed E-state index contributed by atoms with van der Waals surface area (Å²) in [5, 5.41) is 17.2. The topological polar surface area (TPSA) is 82.7 Å². The lowest BCUT2D eigenvalue weighted by Crippen LogP contribution is -2.35. The average molecular weight is 316 g/mol. The van der Waals surface area contributed by atoms with Gasteiger partial charge >= 0.3 is 0 Å². The third-order valence-electron chi connectivity index (χ3n) is 3.98. The summed E-state index contributed by atoms with van der Waals surface area (Å²) in [7, 11) is 0. The van der Waals surface area contributed by atoms with Gasteiger partial charge in [-0.05, 0) is 31.5 Å². The van der Waals surface area contributed by atoms with E-state index in [9.17, 15) is 4.79 Å². The van der Waals surface area contributed by atoms with E-state index in [0.29, 0.717) is 31.2 Å². The first-order chi connectivity index (χ1) is 11.2. The number of rotatable bonds is 3. The Kier molecular flexibility index (Phi) is 4.57. The summed E-state index contributed by atoms with van der Waals surface area (Å²) in [6, 6.07) is 5.49. The van der Waals surface area contributed by atoms with Crippen LogP contribution >= 0.6 is 0 Å². The molecule has 1 aliphatic heterocycles. The minimum Gasteiger partial charge on any atom is -0.453 e. The molecule has 1 N–H and O–H groups in total. The summed E-state index contributed by atoms with van der Waals surface area (Å²) in [6.07, 6.45) is 2.50. The fraction of sp³-hybridized carbons (Fsp3) is 0.438. The molecular weight excluding hydrogens is 296 g/mol. The van der Waals surface area contributed by atoms with Crippen molar-refractivity contribution in [2.24, 2.45) is 0 Å². The van der Waals surface area contributed by atoms with Gasteiger partial charge in [0.15, 0.2) is 11.6 Å². The summed E-state index contributed by atoms with van der Waals surface area (Å²) in [5.74, 6) is 1.45. The van der Waals surface area contributed by atoms with E-state index in [0.717, 1.165) is 24.3 Å². The van der Waals surface area contributed by atoms with Gasteiger partial charge < -0.3 is 19.3 Å². The van der Waals surface area contributed by atoms with E-state index in [2.05, 4.69) is 15.1 Å². The Morgan fingerprint density at radius 2 is 2.22 bits per heavy atom. The number of aliphatic hydroxyl groups is 1. The molecule has 0 aromatic carbocycles.